The normalized spacial score (nSPS) is 17.7. The highest BCUT2D eigenvalue weighted by Gasteiger charge is 2.36. The molecule has 26 heavy (non-hydrogen) atoms. The molecule has 0 fully saturated rings. The van der Waals surface area contributed by atoms with Crippen LogP contribution in [0, 0.1) is 0 Å². The summed E-state index contributed by atoms with van der Waals surface area (Å²) < 4.78 is 0. The number of hydrogen-bond acceptors (Lipinski definition) is 6. The summed E-state index contributed by atoms with van der Waals surface area (Å²) in [5.74, 6) is -0.828. The molecule has 1 atom stereocenters. The first kappa shape index (κ1) is 22.4. The molecule has 1 rings (SSSR count). The van der Waals surface area contributed by atoms with Gasteiger partial charge in [-0.25, -0.2) is 0 Å². The molecular weight excluding hydrogens is 335 g/mol. The number of carboxylic acid groups (broad SMARTS) is 1. The van der Waals surface area contributed by atoms with Crippen LogP contribution >= 0.6 is 0 Å². The second-order valence-electron chi connectivity index (χ2n) is 6.79. The molecule has 0 spiro atoms. The standard InChI is InChI=1S/C18H31BN2O5/c1-4-15-13-21(11-7-16(15)14(2)22)12-9-18(20-3,17(23)24)8-5-6-10-19(25)26/h4,20,22,25-26H,1-2,5-13H2,3H3,(H,23,24). The quantitative estimate of drug-likeness (QED) is 0.201. The van der Waals surface area contributed by atoms with Crippen molar-refractivity contribution in [2.75, 3.05) is 26.7 Å². The van der Waals surface area contributed by atoms with Gasteiger partial charge in [-0.05, 0) is 43.8 Å². The van der Waals surface area contributed by atoms with E-state index in [1.165, 1.54) is 0 Å². The van der Waals surface area contributed by atoms with Crippen LogP contribution in [0.15, 0.2) is 36.1 Å². The molecule has 0 saturated carbocycles. The zero-order valence-corrected chi connectivity index (χ0v) is 15.6. The van der Waals surface area contributed by atoms with Crippen molar-refractivity contribution >= 4 is 13.1 Å². The highest BCUT2D eigenvalue weighted by atomic mass is 16.4. The molecule has 0 bridgehead atoms. The van der Waals surface area contributed by atoms with E-state index in [1.54, 1.807) is 13.1 Å². The maximum Gasteiger partial charge on any atom is 0.451 e. The van der Waals surface area contributed by atoms with Gasteiger partial charge < -0.3 is 25.6 Å². The van der Waals surface area contributed by atoms with Crippen molar-refractivity contribution in [3.8, 4) is 0 Å². The summed E-state index contributed by atoms with van der Waals surface area (Å²) in [5, 5.41) is 40.2. The Kier molecular flexibility index (Phi) is 9.08. The van der Waals surface area contributed by atoms with Gasteiger partial charge in [0.05, 0.1) is 0 Å². The highest BCUT2D eigenvalue weighted by Crippen LogP contribution is 2.25. The zero-order chi connectivity index (χ0) is 19.7. The Bertz CT molecular complexity index is 550. The van der Waals surface area contributed by atoms with Crippen LogP contribution in [0.2, 0.25) is 6.32 Å². The molecule has 1 heterocycles. The maximum absolute atomic E-state index is 11.9. The van der Waals surface area contributed by atoms with Gasteiger partial charge in [0.1, 0.15) is 11.3 Å². The van der Waals surface area contributed by atoms with Crippen LogP contribution in [0.1, 0.15) is 32.1 Å². The van der Waals surface area contributed by atoms with E-state index in [9.17, 15) is 15.0 Å². The molecule has 0 saturated heterocycles. The number of hydrogen-bond donors (Lipinski definition) is 5. The third-order valence-corrected chi connectivity index (χ3v) is 5.11. The molecule has 0 aromatic rings. The lowest BCUT2D eigenvalue weighted by Crippen LogP contribution is -2.52. The number of aliphatic carboxylic acids is 1. The van der Waals surface area contributed by atoms with Gasteiger partial charge in [0.15, 0.2) is 0 Å². The van der Waals surface area contributed by atoms with Crippen molar-refractivity contribution in [2.45, 2.75) is 44.0 Å². The Morgan fingerprint density at radius 1 is 1.35 bits per heavy atom. The van der Waals surface area contributed by atoms with Crippen molar-refractivity contribution in [3.63, 3.8) is 0 Å². The lowest BCUT2D eigenvalue weighted by Gasteiger charge is -2.34. The molecule has 146 valence electrons. The smallest absolute Gasteiger partial charge is 0.451 e. The van der Waals surface area contributed by atoms with Gasteiger partial charge in [-0.15, -0.1) is 0 Å². The SMILES string of the molecule is C=CC1=C(C(=C)O)CCN(CCC(CCCCB(O)O)(NC)C(=O)O)C1. The third-order valence-electron chi connectivity index (χ3n) is 5.11. The minimum Gasteiger partial charge on any atom is -0.508 e. The Balaban J connectivity index is 2.68. The number of nitrogens with one attached hydrogen (secondary N) is 1. The van der Waals surface area contributed by atoms with Crippen LogP contribution in [-0.2, 0) is 4.79 Å². The van der Waals surface area contributed by atoms with Gasteiger partial charge >= 0.3 is 13.1 Å². The number of allylic oxidation sites excluding steroid dienone is 1. The van der Waals surface area contributed by atoms with E-state index in [0.29, 0.717) is 45.2 Å². The van der Waals surface area contributed by atoms with E-state index in [4.69, 9.17) is 10.0 Å². The molecule has 7 nitrogen and oxygen atoms in total. The molecule has 0 aromatic heterocycles. The number of carboxylic acids is 1. The van der Waals surface area contributed by atoms with Crippen molar-refractivity contribution < 1.29 is 25.1 Å². The molecule has 0 amide bonds. The molecule has 0 aromatic carbocycles. The van der Waals surface area contributed by atoms with Crippen LogP contribution in [0.25, 0.3) is 0 Å². The molecule has 0 aliphatic carbocycles. The topological polar surface area (TPSA) is 113 Å². The van der Waals surface area contributed by atoms with Gasteiger partial charge in [0, 0.05) is 19.6 Å². The largest absolute Gasteiger partial charge is 0.508 e. The van der Waals surface area contributed by atoms with Crippen molar-refractivity contribution in [1.29, 1.82) is 0 Å². The number of nitrogens with zero attached hydrogens (tertiary/aromatic N) is 1. The minimum atomic E-state index is -1.35. The first-order valence-electron chi connectivity index (χ1n) is 8.99. The molecule has 8 heteroatoms. The Hall–Kier alpha value is -1.61. The number of carbonyl (C=O) groups is 1. The fourth-order valence-corrected chi connectivity index (χ4v) is 3.35. The Morgan fingerprint density at radius 2 is 2.04 bits per heavy atom. The fourth-order valence-electron chi connectivity index (χ4n) is 3.35. The predicted octanol–water partition coefficient (Wildman–Crippen LogP) is 1.32. The second-order valence-corrected chi connectivity index (χ2v) is 6.79. The van der Waals surface area contributed by atoms with Crippen LogP contribution < -0.4 is 5.32 Å². The van der Waals surface area contributed by atoms with Gasteiger partial charge in [-0.1, -0.05) is 32.1 Å². The molecular formula is C18H31BN2O5. The summed E-state index contributed by atoms with van der Waals surface area (Å²) in [5.41, 5.74) is 0.697. The predicted molar refractivity (Wildman–Crippen MR) is 103 cm³/mol. The minimum absolute atomic E-state index is 0.0701. The summed E-state index contributed by atoms with van der Waals surface area (Å²) in [4.78, 5) is 14.0. The summed E-state index contributed by atoms with van der Waals surface area (Å²) in [6.07, 6.45) is 4.62. The number of aliphatic hydroxyl groups is 1. The highest BCUT2D eigenvalue weighted by molar-refractivity contribution is 6.40. The zero-order valence-electron chi connectivity index (χ0n) is 15.6. The van der Waals surface area contributed by atoms with Crippen molar-refractivity contribution in [1.82, 2.24) is 10.2 Å². The second kappa shape index (κ2) is 10.5. The van der Waals surface area contributed by atoms with Gasteiger partial charge in [-0.2, -0.15) is 0 Å². The fraction of sp³-hybridized carbons (Fsp3) is 0.611. The Labute approximate surface area is 155 Å². The molecule has 1 aliphatic rings. The van der Waals surface area contributed by atoms with Crippen LogP contribution in [0.5, 0.6) is 0 Å². The average Bonchev–Trinajstić information content (AvgIpc) is 2.60. The third kappa shape index (κ3) is 6.28. The molecule has 1 unspecified atom stereocenters. The molecule has 5 N–H and O–H groups in total. The molecule has 0 radical (unpaired) electrons. The van der Waals surface area contributed by atoms with E-state index < -0.39 is 18.6 Å². The average molecular weight is 366 g/mol. The number of aliphatic hydroxyl groups excluding tert-OH is 1. The van der Waals surface area contributed by atoms with E-state index in [0.717, 1.165) is 17.7 Å². The number of unbranched alkanes of at least 4 members (excludes halogenated alkanes) is 1. The maximum atomic E-state index is 11.9. The van der Waals surface area contributed by atoms with Crippen LogP contribution in [0.3, 0.4) is 0 Å². The molecule has 1 aliphatic heterocycles. The van der Waals surface area contributed by atoms with Crippen LogP contribution in [0.4, 0.5) is 0 Å². The first-order chi connectivity index (χ1) is 12.3. The van der Waals surface area contributed by atoms with Crippen molar-refractivity contribution in [2.24, 2.45) is 0 Å². The first-order valence-corrected chi connectivity index (χ1v) is 8.99. The van der Waals surface area contributed by atoms with E-state index in [1.807, 2.05) is 0 Å². The lowest BCUT2D eigenvalue weighted by molar-refractivity contribution is -0.145. The van der Waals surface area contributed by atoms with Gasteiger partial charge in [-0.3, -0.25) is 9.69 Å². The summed E-state index contributed by atoms with van der Waals surface area (Å²) in [7, 11) is 0.297. The monoisotopic (exact) mass is 366 g/mol. The Morgan fingerprint density at radius 3 is 2.54 bits per heavy atom. The number of rotatable bonds is 12. The summed E-state index contributed by atoms with van der Waals surface area (Å²) in [6.45, 7) is 9.30. The van der Waals surface area contributed by atoms with Crippen LogP contribution in [-0.4, -0.2) is 70.5 Å². The van der Waals surface area contributed by atoms with E-state index >= 15 is 0 Å². The van der Waals surface area contributed by atoms with Gasteiger partial charge in [0.25, 0.3) is 0 Å². The summed E-state index contributed by atoms with van der Waals surface area (Å²) >= 11 is 0. The lowest BCUT2D eigenvalue weighted by atomic mass is 9.81. The van der Waals surface area contributed by atoms with Crippen molar-refractivity contribution in [3.05, 3.63) is 36.1 Å². The summed E-state index contributed by atoms with van der Waals surface area (Å²) in [6, 6.07) is 0. The van der Waals surface area contributed by atoms with E-state index in [2.05, 4.69) is 23.4 Å². The van der Waals surface area contributed by atoms with Gasteiger partial charge in [0.2, 0.25) is 0 Å². The van der Waals surface area contributed by atoms with E-state index in [-0.39, 0.29) is 12.1 Å². The number of likely N-dealkylation sites (N-methyl/N-ethyl adjacent to an activating group) is 1.